The Morgan fingerprint density at radius 3 is 2.79 bits per heavy atom. The molecule has 0 fully saturated rings. The molecule has 5 nitrogen and oxygen atoms in total. The average molecular weight is 403 g/mol. The van der Waals surface area contributed by atoms with Gasteiger partial charge in [-0.2, -0.15) is 5.26 Å². The molecule has 4 aromatic rings. The molecule has 2 heterocycles. The number of methoxy groups -OCH3 is 1. The summed E-state index contributed by atoms with van der Waals surface area (Å²) in [7, 11) is 1.56. The van der Waals surface area contributed by atoms with E-state index in [4.69, 9.17) is 20.8 Å². The Bertz CT molecular complexity index is 1290. The molecule has 0 amide bonds. The fourth-order valence-electron chi connectivity index (χ4n) is 3.10. The molecule has 0 atom stereocenters. The van der Waals surface area contributed by atoms with Crippen LogP contribution < -0.4 is 4.74 Å². The summed E-state index contributed by atoms with van der Waals surface area (Å²) in [5.74, 6) is 1.47. The first-order chi connectivity index (χ1) is 14.1. The minimum absolute atomic E-state index is 0.270. The zero-order valence-corrected chi connectivity index (χ0v) is 16.2. The molecule has 0 bridgehead atoms. The molecular weight excluding hydrogens is 388 g/mol. The van der Waals surface area contributed by atoms with Crippen LogP contribution in [0.5, 0.6) is 5.75 Å². The van der Waals surface area contributed by atoms with E-state index in [2.05, 4.69) is 6.07 Å². The average Bonchev–Trinajstić information content (AvgIpc) is 3.37. The first-order valence-electron chi connectivity index (χ1n) is 8.77. The Hall–Kier alpha value is -3.75. The zero-order valence-electron chi connectivity index (χ0n) is 15.4. The minimum atomic E-state index is -0.270. The number of halogens is 1. The van der Waals surface area contributed by atoms with Crippen LogP contribution in [0.25, 0.3) is 28.3 Å². The number of nitriles is 1. The predicted octanol–water partition coefficient (Wildman–Crippen LogP) is 5.79. The maximum absolute atomic E-state index is 12.6. The van der Waals surface area contributed by atoms with Crippen LogP contribution in [0, 0.1) is 11.3 Å². The lowest BCUT2D eigenvalue weighted by Crippen LogP contribution is -2.04. The summed E-state index contributed by atoms with van der Waals surface area (Å²) in [4.78, 5) is 12.6. The Labute approximate surface area is 172 Å². The van der Waals surface area contributed by atoms with E-state index >= 15 is 0 Å². The van der Waals surface area contributed by atoms with E-state index in [0.717, 1.165) is 10.9 Å². The minimum Gasteiger partial charge on any atom is -0.495 e. The van der Waals surface area contributed by atoms with E-state index in [0.29, 0.717) is 33.4 Å². The van der Waals surface area contributed by atoms with Crippen LogP contribution in [0.2, 0.25) is 5.02 Å². The van der Waals surface area contributed by atoms with Gasteiger partial charge in [0.05, 0.1) is 23.2 Å². The summed E-state index contributed by atoms with van der Waals surface area (Å²) in [6, 6.07) is 18.4. The highest BCUT2D eigenvalue weighted by Crippen LogP contribution is 2.31. The number of ether oxygens (including phenoxy) is 1. The Morgan fingerprint density at radius 1 is 1.21 bits per heavy atom. The van der Waals surface area contributed by atoms with Crippen LogP contribution in [-0.2, 0) is 0 Å². The number of benzene rings is 2. The lowest BCUT2D eigenvalue weighted by atomic mass is 10.2. The molecule has 0 aliphatic carbocycles. The van der Waals surface area contributed by atoms with Gasteiger partial charge in [0, 0.05) is 23.2 Å². The number of nitrogens with zero attached hydrogens (tertiary/aromatic N) is 2. The number of aromatic nitrogens is 1. The van der Waals surface area contributed by atoms with E-state index in [1.165, 1.54) is 10.6 Å². The fraction of sp³-hybridized carbons (Fsp3) is 0.0435. The zero-order chi connectivity index (χ0) is 20.4. The molecule has 4 rings (SSSR count). The van der Waals surface area contributed by atoms with Gasteiger partial charge in [-0.1, -0.05) is 29.8 Å². The fourth-order valence-corrected chi connectivity index (χ4v) is 3.36. The number of rotatable bonds is 4. The van der Waals surface area contributed by atoms with Crippen molar-refractivity contribution in [1.82, 2.24) is 4.57 Å². The molecule has 142 valence electrons. The molecule has 0 unspecified atom stereocenters. The van der Waals surface area contributed by atoms with Crippen LogP contribution in [0.3, 0.4) is 0 Å². The second-order valence-electron chi connectivity index (χ2n) is 6.26. The quantitative estimate of drug-likeness (QED) is 0.405. The van der Waals surface area contributed by atoms with Crippen LogP contribution in [0.4, 0.5) is 0 Å². The summed E-state index contributed by atoms with van der Waals surface area (Å²) in [6.45, 7) is 0. The number of furan rings is 1. The Morgan fingerprint density at radius 2 is 2.03 bits per heavy atom. The molecule has 0 saturated heterocycles. The van der Waals surface area contributed by atoms with Gasteiger partial charge in [-0.15, -0.1) is 0 Å². The van der Waals surface area contributed by atoms with Crippen LogP contribution >= 0.6 is 11.6 Å². The van der Waals surface area contributed by atoms with E-state index in [1.807, 2.05) is 24.3 Å². The summed E-state index contributed by atoms with van der Waals surface area (Å²) in [5.41, 5.74) is 1.95. The highest BCUT2D eigenvalue weighted by atomic mass is 35.5. The first kappa shape index (κ1) is 18.6. The molecule has 29 heavy (non-hydrogen) atoms. The number of carbonyl (C=O) groups is 1. The van der Waals surface area contributed by atoms with Crippen molar-refractivity contribution in [3.8, 4) is 23.1 Å². The summed E-state index contributed by atoms with van der Waals surface area (Å²) in [6.07, 6.45) is 4.55. The molecule has 0 aliphatic heterocycles. The molecule has 2 aromatic carbocycles. The summed E-state index contributed by atoms with van der Waals surface area (Å²) >= 11 is 6.17. The second kappa shape index (κ2) is 7.70. The monoisotopic (exact) mass is 402 g/mol. The van der Waals surface area contributed by atoms with Crippen molar-refractivity contribution < 1.29 is 13.9 Å². The SMILES string of the molecule is COc1ccc(-c2ccc(/C=C/C(=O)n3cc(C#N)c4ccccc43)o2)cc1Cl. The van der Waals surface area contributed by atoms with Crippen LogP contribution in [-0.4, -0.2) is 17.6 Å². The highest BCUT2D eigenvalue weighted by Gasteiger charge is 2.12. The topological polar surface area (TPSA) is 68.2 Å². The van der Waals surface area contributed by atoms with Gasteiger partial charge in [-0.3, -0.25) is 9.36 Å². The molecule has 0 aliphatic rings. The summed E-state index contributed by atoms with van der Waals surface area (Å²) < 4.78 is 12.4. The normalized spacial score (nSPS) is 11.1. The molecular formula is C23H15ClN2O3. The standard InChI is InChI=1S/C23H15ClN2O3/c1-28-22-9-6-15(12-19(22)24)21-10-7-17(29-21)8-11-23(27)26-14-16(13-25)18-4-2-3-5-20(18)26/h2-12,14H,1H3/b11-8+. The summed E-state index contributed by atoms with van der Waals surface area (Å²) in [5, 5.41) is 10.5. The first-order valence-corrected chi connectivity index (χ1v) is 9.15. The van der Waals surface area contributed by atoms with Crippen molar-refractivity contribution >= 4 is 34.5 Å². The maximum Gasteiger partial charge on any atom is 0.255 e. The molecule has 0 spiro atoms. The van der Waals surface area contributed by atoms with Gasteiger partial charge in [-0.25, -0.2) is 0 Å². The molecule has 6 heteroatoms. The van der Waals surface area contributed by atoms with E-state index in [9.17, 15) is 10.1 Å². The number of fused-ring (bicyclic) bond motifs is 1. The van der Waals surface area contributed by atoms with E-state index in [1.54, 1.807) is 49.7 Å². The smallest absolute Gasteiger partial charge is 0.255 e. The lowest BCUT2D eigenvalue weighted by Gasteiger charge is -2.04. The third-order valence-corrected chi connectivity index (χ3v) is 4.82. The van der Waals surface area contributed by atoms with Crippen molar-refractivity contribution in [3.63, 3.8) is 0 Å². The van der Waals surface area contributed by atoms with Crippen molar-refractivity contribution in [1.29, 1.82) is 5.26 Å². The van der Waals surface area contributed by atoms with Crippen molar-refractivity contribution in [2.75, 3.05) is 7.11 Å². The number of allylic oxidation sites excluding steroid dienone is 1. The second-order valence-corrected chi connectivity index (χ2v) is 6.67. The largest absolute Gasteiger partial charge is 0.495 e. The predicted molar refractivity (Wildman–Crippen MR) is 112 cm³/mol. The van der Waals surface area contributed by atoms with Gasteiger partial charge in [0.25, 0.3) is 5.91 Å². The Balaban J connectivity index is 1.59. The van der Waals surface area contributed by atoms with Crippen LogP contribution in [0.15, 0.2) is 71.3 Å². The maximum atomic E-state index is 12.6. The third kappa shape index (κ3) is 3.54. The number of para-hydroxylation sites is 1. The number of carbonyl (C=O) groups excluding carboxylic acids is 1. The molecule has 2 aromatic heterocycles. The number of hydrogen-bond acceptors (Lipinski definition) is 4. The number of hydrogen-bond donors (Lipinski definition) is 0. The van der Waals surface area contributed by atoms with Gasteiger partial charge < -0.3 is 9.15 Å². The van der Waals surface area contributed by atoms with Crippen molar-refractivity contribution in [2.24, 2.45) is 0 Å². The van der Waals surface area contributed by atoms with Gasteiger partial charge in [0.1, 0.15) is 23.3 Å². The van der Waals surface area contributed by atoms with Crippen molar-refractivity contribution in [3.05, 3.63) is 83.2 Å². The van der Waals surface area contributed by atoms with Gasteiger partial charge in [-0.05, 0) is 42.5 Å². The van der Waals surface area contributed by atoms with Gasteiger partial charge in [0.15, 0.2) is 0 Å². The van der Waals surface area contributed by atoms with E-state index in [-0.39, 0.29) is 5.91 Å². The van der Waals surface area contributed by atoms with E-state index < -0.39 is 0 Å². The third-order valence-electron chi connectivity index (χ3n) is 4.52. The molecule has 0 saturated carbocycles. The van der Waals surface area contributed by atoms with Crippen molar-refractivity contribution in [2.45, 2.75) is 0 Å². The van der Waals surface area contributed by atoms with Gasteiger partial charge >= 0.3 is 0 Å². The lowest BCUT2D eigenvalue weighted by molar-refractivity contribution is 0.0974. The molecule has 0 radical (unpaired) electrons. The molecule has 0 N–H and O–H groups in total. The highest BCUT2D eigenvalue weighted by molar-refractivity contribution is 6.32. The van der Waals surface area contributed by atoms with Crippen LogP contribution in [0.1, 0.15) is 16.1 Å². The van der Waals surface area contributed by atoms with Gasteiger partial charge in [0.2, 0.25) is 0 Å². The Kier molecular flexibility index (Phi) is 4.94.